The molecule has 0 aliphatic carbocycles. The fourth-order valence-corrected chi connectivity index (χ4v) is 1.27. The van der Waals surface area contributed by atoms with E-state index in [1.54, 1.807) is 6.92 Å². The summed E-state index contributed by atoms with van der Waals surface area (Å²) in [6.07, 6.45) is -0.0487. The maximum Gasteiger partial charge on any atom is 0.348 e. The van der Waals surface area contributed by atoms with E-state index in [0.717, 1.165) is 6.08 Å². The van der Waals surface area contributed by atoms with Crippen LogP contribution in [0.2, 0.25) is 0 Å². The highest BCUT2D eigenvalue weighted by atomic mass is 16.6. The van der Waals surface area contributed by atoms with Gasteiger partial charge in [0.25, 0.3) is 0 Å². The third kappa shape index (κ3) is 1.64. The molecule has 0 saturated carbocycles. The molecule has 0 spiro atoms. The Kier molecular flexibility index (Phi) is 2.64. The number of hydrogen-bond acceptors (Lipinski definition) is 4. The summed E-state index contributed by atoms with van der Waals surface area (Å²) in [5, 5.41) is 0. The van der Waals surface area contributed by atoms with Crippen molar-refractivity contribution in [2.75, 3.05) is 0 Å². The minimum atomic E-state index is -0.831. The SMILES string of the molecule is C=CC(=O)OC1C(=O)OC(C)C1(C)C. The summed E-state index contributed by atoms with van der Waals surface area (Å²) >= 11 is 0. The average molecular weight is 198 g/mol. The predicted molar refractivity (Wildman–Crippen MR) is 49.4 cm³/mol. The van der Waals surface area contributed by atoms with E-state index in [4.69, 9.17) is 9.47 Å². The highest BCUT2D eigenvalue weighted by Crippen LogP contribution is 2.36. The van der Waals surface area contributed by atoms with Gasteiger partial charge in [0.05, 0.1) is 0 Å². The highest BCUT2D eigenvalue weighted by molar-refractivity contribution is 5.86. The number of cyclic esters (lactones) is 1. The van der Waals surface area contributed by atoms with Crippen molar-refractivity contribution in [3.63, 3.8) is 0 Å². The first kappa shape index (κ1) is 10.8. The quantitative estimate of drug-likeness (QED) is 0.491. The van der Waals surface area contributed by atoms with Crippen molar-refractivity contribution >= 4 is 11.9 Å². The van der Waals surface area contributed by atoms with E-state index >= 15 is 0 Å². The van der Waals surface area contributed by atoms with E-state index in [9.17, 15) is 9.59 Å². The van der Waals surface area contributed by atoms with Crippen molar-refractivity contribution in [1.29, 1.82) is 0 Å². The molecule has 0 radical (unpaired) electrons. The zero-order valence-corrected chi connectivity index (χ0v) is 8.57. The van der Waals surface area contributed by atoms with Gasteiger partial charge in [0.15, 0.2) is 0 Å². The number of carbonyl (C=O) groups is 2. The molecule has 4 heteroatoms. The Labute approximate surface area is 82.9 Å². The molecule has 1 fully saturated rings. The highest BCUT2D eigenvalue weighted by Gasteiger charge is 2.51. The maximum absolute atomic E-state index is 11.3. The van der Waals surface area contributed by atoms with Crippen molar-refractivity contribution in [3.05, 3.63) is 12.7 Å². The van der Waals surface area contributed by atoms with Crippen LogP contribution >= 0.6 is 0 Å². The van der Waals surface area contributed by atoms with Crippen LogP contribution in [0.3, 0.4) is 0 Å². The van der Waals surface area contributed by atoms with Crippen LogP contribution in [0, 0.1) is 5.41 Å². The topological polar surface area (TPSA) is 52.6 Å². The lowest BCUT2D eigenvalue weighted by atomic mass is 9.84. The molecule has 4 nitrogen and oxygen atoms in total. The van der Waals surface area contributed by atoms with E-state index in [2.05, 4.69) is 6.58 Å². The lowest BCUT2D eigenvalue weighted by Gasteiger charge is -2.25. The fourth-order valence-electron chi connectivity index (χ4n) is 1.27. The van der Waals surface area contributed by atoms with Gasteiger partial charge in [-0.3, -0.25) is 0 Å². The normalized spacial score (nSPS) is 29.5. The van der Waals surface area contributed by atoms with Gasteiger partial charge in [-0.25, -0.2) is 9.59 Å². The maximum atomic E-state index is 11.3. The Bertz CT molecular complexity index is 280. The molecule has 1 heterocycles. The van der Waals surface area contributed by atoms with Crippen LogP contribution < -0.4 is 0 Å². The molecular weight excluding hydrogens is 184 g/mol. The summed E-state index contributed by atoms with van der Waals surface area (Å²) in [7, 11) is 0. The van der Waals surface area contributed by atoms with Gasteiger partial charge in [0, 0.05) is 11.5 Å². The number of hydrogen-bond donors (Lipinski definition) is 0. The molecule has 0 N–H and O–H groups in total. The number of esters is 2. The Morgan fingerprint density at radius 3 is 2.57 bits per heavy atom. The smallest absolute Gasteiger partial charge is 0.348 e. The molecule has 0 aromatic rings. The van der Waals surface area contributed by atoms with Gasteiger partial charge in [-0.1, -0.05) is 20.4 Å². The average Bonchev–Trinajstić information content (AvgIpc) is 2.28. The van der Waals surface area contributed by atoms with Crippen LogP contribution in [0.4, 0.5) is 0 Å². The van der Waals surface area contributed by atoms with Crippen LogP contribution in [0.25, 0.3) is 0 Å². The molecule has 1 aliphatic heterocycles. The molecule has 1 rings (SSSR count). The summed E-state index contributed by atoms with van der Waals surface area (Å²) in [5.74, 6) is -1.09. The van der Waals surface area contributed by atoms with E-state index < -0.39 is 23.5 Å². The predicted octanol–water partition coefficient (Wildman–Crippen LogP) is 1.06. The van der Waals surface area contributed by atoms with Crippen molar-refractivity contribution in [1.82, 2.24) is 0 Å². The molecule has 0 aromatic heterocycles. The van der Waals surface area contributed by atoms with Crippen LogP contribution in [0.15, 0.2) is 12.7 Å². The lowest BCUT2D eigenvalue weighted by Crippen LogP contribution is -2.36. The molecule has 1 aliphatic rings. The lowest BCUT2D eigenvalue weighted by molar-refractivity contribution is -0.159. The Morgan fingerprint density at radius 1 is 1.64 bits per heavy atom. The molecule has 0 bridgehead atoms. The first-order valence-electron chi connectivity index (χ1n) is 4.43. The van der Waals surface area contributed by atoms with Gasteiger partial charge in [-0.05, 0) is 6.92 Å². The summed E-state index contributed by atoms with van der Waals surface area (Å²) in [6, 6.07) is 0. The summed E-state index contributed by atoms with van der Waals surface area (Å²) in [4.78, 5) is 22.3. The van der Waals surface area contributed by atoms with E-state index in [1.807, 2.05) is 13.8 Å². The van der Waals surface area contributed by atoms with Crippen LogP contribution in [0.1, 0.15) is 20.8 Å². The van der Waals surface area contributed by atoms with E-state index in [-0.39, 0.29) is 6.10 Å². The Hall–Kier alpha value is -1.32. The molecule has 1 saturated heterocycles. The van der Waals surface area contributed by atoms with Crippen molar-refractivity contribution in [2.24, 2.45) is 5.41 Å². The molecular formula is C10H14O4. The zero-order valence-electron chi connectivity index (χ0n) is 8.57. The Morgan fingerprint density at radius 2 is 2.21 bits per heavy atom. The minimum absolute atomic E-state index is 0.252. The van der Waals surface area contributed by atoms with Gasteiger partial charge < -0.3 is 9.47 Å². The van der Waals surface area contributed by atoms with Gasteiger partial charge in [0.1, 0.15) is 6.10 Å². The van der Waals surface area contributed by atoms with E-state index in [1.165, 1.54) is 0 Å². The monoisotopic (exact) mass is 198 g/mol. The first-order valence-corrected chi connectivity index (χ1v) is 4.43. The summed E-state index contributed by atoms with van der Waals surface area (Å²) in [5.41, 5.74) is -0.490. The standard InChI is InChI=1S/C10H14O4/c1-5-7(11)14-8-9(12)13-6(2)10(8,3)4/h5-6,8H,1H2,2-4H3. The molecule has 2 unspecified atom stereocenters. The molecule has 0 amide bonds. The molecule has 14 heavy (non-hydrogen) atoms. The van der Waals surface area contributed by atoms with Crippen molar-refractivity contribution < 1.29 is 19.1 Å². The van der Waals surface area contributed by atoms with E-state index in [0.29, 0.717) is 0 Å². The van der Waals surface area contributed by atoms with Crippen molar-refractivity contribution in [2.45, 2.75) is 33.0 Å². The fraction of sp³-hybridized carbons (Fsp3) is 0.600. The first-order chi connectivity index (χ1) is 6.39. The third-order valence-electron chi connectivity index (χ3n) is 2.63. The van der Waals surface area contributed by atoms with Gasteiger partial charge in [-0.2, -0.15) is 0 Å². The van der Waals surface area contributed by atoms with Crippen LogP contribution in [-0.2, 0) is 19.1 Å². The van der Waals surface area contributed by atoms with Crippen LogP contribution in [0.5, 0.6) is 0 Å². The van der Waals surface area contributed by atoms with Crippen LogP contribution in [-0.4, -0.2) is 24.1 Å². The second kappa shape index (κ2) is 3.44. The van der Waals surface area contributed by atoms with Gasteiger partial charge in [0.2, 0.25) is 6.10 Å². The number of rotatable bonds is 2. The largest absolute Gasteiger partial charge is 0.459 e. The zero-order chi connectivity index (χ0) is 10.9. The Balaban J connectivity index is 2.81. The molecule has 78 valence electrons. The second-order valence-electron chi connectivity index (χ2n) is 3.92. The molecule has 0 aromatic carbocycles. The van der Waals surface area contributed by atoms with Gasteiger partial charge in [-0.15, -0.1) is 0 Å². The third-order valence-corrected chi connectivity index (χ3v) is 2.63. The number of carbonyl (C=O) groups excluding carboxylic acids is 2. The summed E-state index contributed by atoms with van der Waals surface area (Å²) < 4.78 is 9.91. The number of ether oxygens (including phenoxy) is 2. The minimum Gasteiger partial charge on any atom is -0.459 e. The second-order valence-corrected chi connectivity index (χ2v) is 3.92. The van der Waals surface area contributed by atoms with Gasteiger partial charge >= 0.3 is 11.9 Å². The summed E-state index contributed by atoms with van der Waals surface area (Å²) in [6.45, 7) is 8.69. The molecule has 2 atom stereocenters. The van der Waals surface area contributed by atoms with Crippen molar-refractivity contribution in [3.8, 4) is 0 Å².